The molecule has 0 aliphatic heterocycles. The highest BCUT2D eigenvalue weighted by molar-refractivity contribution is 5.82. The Bertz CT molecular complexity index is 810. The van der Waals surface area contributed by atoms with E-state index in [-0.39, 0.29) is 12.1 Å². The molecule has 3 rings (SSSR count). The molecule has 2 heteroatoms. The van der Waals surface area contributed by atoms with Crippen LogP contribution in [0.3, 0.4) is 0 Å². The van der Waals surface area contributed by atoms with Gasteiger partial charge in [-0.3, -0.25) is 0 Å². The summed E-state index contributed by atoms with van der Waals surface area (Å²) >= 11 is 0. The third-order valence-corrected chi connectivity index (χ3v) is 4.16. The Morgan fingerprint density at radius 3 is 2.42 bits per heavy atom. The van der Waals surface area contributed by atoms with Crippen LogP contribution in [0.1, 0.15) is 37.9 Å². The lowest BCUT2D eigenvalue weighted by Gasteiger charge is -2.17. The van der Waals surface area contributed by atoms with Gasteiger partial charge in [0.15, 0.2) is 0 Å². The largest absolute Gasteiger partial charge is 0.491 e. The van der Waals surface area contributed by atoms with Gasteiger partial charge in [0.05, 0.1) is 6.10 Å². The van der Waals surface area contributed by atoms with Crippen LogP contribution in [-0.2, 0) is 6.54 Å². The van der Waals surface area contributed by atoms with Crippen molar-refractivity contribution in [1.29, 1.82) is 0 Å². The molecular formula is C22H25NO. The number of nitrogens with one attached hydrogen (secondary N) is 1. The van der Waals surface area contributed by atoms with E-state index < -0.39 is 0 Å². The van der Waals surface area contributed by atoms with E-state index in [1.54, 1.807) is 0 Å². The second-order valence-electron chi connectivity index (χ2n) is 6.52. The molecule has 0 spiro atoms. The maximum Gasteiger partial charge on any atom is 0.120 e. The van der Waals surface area contributed by atoms with Crippen molar-refractivity contribution in [2.24, 2.45) is 0 Å². The summed E-state index contributed by atoms with van der Waals surface area (Å²) < 4.78 is 5.79. The van der Waals surface area contributed by atoms with Gasteiger partial charge in [-0.15, -0.1) is 0 Å². The standard InChI is InChI=1S/C22H25NO/c1-16(2)24-22-10-6-9-20(14-22)17(3)23-15-18-11-12-19-7-4-5-8-21(19)13-18/h4-14,16-17,23H,15H2,1-3H3. The van der Waals surface area contributed by atoms with Crippen molar-refractivity contribution in [2.75, 3.05) is 0 Å². The smallest absolute Gasteiger partial charge is 0.120 e. The number of hydrogen-bond acceptors (Lipinski definition) is 2. The molecule has 0 aliphatic rings. The summed E-state index contributed by atoms with van der Waals surface area (Å²) in [4.78, 5) is 0. The third-order valence-electron chi connectivity index (χ3n) is 4.16. The first-order valence-electron chi connectivity index (χ1n) is 8.59. The van der Waals surface area contributed by atoms with Crippen LogP contribution in [-0.4, -0.2) is 6.10 Å². The quantitative estimate of drug-likeness (QED) is 0.650. The van der Waals surface area contributed by atoms with Crippen molar-refractivity contribution >= 4 is 10.8 Å². The lowest BCUT2D eigenvalue weighted by atomic mass is 10.1. The summed E-state index contributed by atoms with van der Waals surface area (Å²) in [6.45, 7) is 7.14. The monoisotopic (exact) mass is 319 g/mol. The number of fused-ring (bicyclic) bond motifs is 1. The molecule has 0 fully saturated rings. The molecule has 1 unspecified atom stereocenters. The average Bonchev–Trinajstić information content (AvgIpc) is 2.59. The van der Waals surface area contributed by atoms with E-state index in [1.807, 2.05) is 19.9 Å². The predicted octanol–water partition coefficient (Wildman–Crippen LogP) is 5.48. The summed E-state index contributed by atoms with van der Waals surface area (Å²) in [5.74, 6) is 0.932. The van der Waals surface area contributed by atoms with Crippen LogP contribution in [0.5, 0.6) is 5.75 Å². The normalized spacial score (nSPS) is 12.5. The first-order valence-corrected chi connectivity index (χ1v) is 8.59. The van der Waals surface area contributed by atoms with Gasteiger partial charge < -0.3 is 10.1 Å². The molecule has 0 saturated heterocycles. The Hall–Kier alpha value is -2.32. The molecule has 0 aliphatic carbocycles. The number of hydrogen-bond donors (Lipinski definition) is 1. The molecule has 124 valence electrons. The molecular weight excluding hydrogens is 294 g/mol. The number of benzene rings is 3. The van der Waals surface area contributed by atoms with Gasteiger partial charge in [0, 0.05) is 12.6 Å². The first kappa shape index (κ1) is 16.5. The van der Waals surface area contributed by atoms with Crippen LogP contribution in [0.15, 0.2) is 66.7 Å². The summed E-state index contributed by atoms with van der Waals surface area (Å²) in [6.07, 6.45) is 0.195. The van der Waals surface area contributed by atoms with Crippen LogP contribution < -0.4 is 10.1 Å². The van der Waals surface area contributed by atoms with E-state index in [4.69, 9.17) is 4.74 Å². The Kier molecular flexibility index (Phi) is 5.17. The van der Waals surface area contributed by atoms with Crippen LogP contribution in [0.4, 0.5) is 0 Å². The fourth-order valence-corrected chi connectivity index (χ4v) is 2.87. The predicted molar refractivity (Wildman–Crippen MR) is 101 cm³/mol. The molecule has 24 heavy (non-hydrogen) atoms. The molecule has 1 N–H and O–H groups in total. The summed E-state index contributed by atoms with van der Waals surface area (Å²) in [6, 6.07) is 23.7. The molecule has 2 nitrogen and oxygen atoms in total. The highest BCUT2D eigenvalue weighted by Gasteiger charge is 2.07. The van der Waals surface area contributed by atoms with E-state index in [0.29, 0.717) is 0 Å². The zero-order valence-electron chi connectivity index (χ0n) is 14.6. The van der Waals surface area contributed by atoms with Crippen molar-refractivity contribution in [1.82, 2.24) is 5.32 Å². The van der Waals surface area contributed by atoms with Crippen molar-refractivity contribution in [3.8, 4) is 5.75 Å². The van der Waals surface area contributed by atoms with Gasteiger partial charge in [-0.05, 0) is 60.9 Å². The van der Waals surface area contributed by atoms with Gasteiger partial charge in [-0.25, -0.2) is 0 Å². The minimum atomic E-state index is 0.195. The van der Waals surface area contributed by atoms with Gasteiger partial charge in [-0.1, -0.05) is 48.5 Å². The second-order valence-corrected chi connectivity index (χ2v) is 6.52. The number of ether oxygens (including phenoxy) is 1. The molecule has 3 aromatic carbocycles. The first-order chi connectivity index (χ1) is 11.6. The highest BCUT2D eigenvalue weighted by atomic mass is 16.5. The summed E-state index contributed by atoms with van der Waals surface area (Å²) in [5.41, 5.74) is 2.55. The highest BCUT2D eigenvalue weighted by Crippen LogP contribution is 2.21. The molecule has 0 bridgehead atoms. The Labute approximate surface area is 144 Å². The van der Waals surface area contributed by atoms with E-state index in [1.165, 1.54) is 21.9 Å². The maximum absolute atomic E-state index is 5.79. The van der Waals surface area contributed by atoms with E-state index >= 15 is 0 Å². The second kappa shape index (κ2) is 7.50. The fraction of sp³-hybridized carbons (Fsp3) is 0.273. The zero-order chi connectivity index (χ0) is 16.9. The topological polar surface area (TPSA) is 21.3 Å². The van der Waals surface area contributed by atoms with Gasteiger partial charge in [0.25, 0.3) is 0 Å². The van der Waals surface area contributed by atoms with E-state index in [0.717, 1.165) is 12.3 Å². The molecule has 0 amide bonds. The van der Waals surface area contributed by atoms with Crippen LogP contribution in [0, 0.1) is 0 Å². The fourth-order valence-electron chi connectivity index (χ4n) is 2.87. The number of rotatable bonds is 6. The molecule has 0 radical (unpaired) electrons. The van der Waals surface area contributed by atoms with Crippen molar-refractivity contribution in [3.63, 3.8) is 0 Å². The Morgan fingerprint density at radius 2 is 1.62 bits per heavy atom. The van der Waals surface area contributed by atoms with E-state index in [9.17, 15) is 0 Å². The molecule has 0 aromatic heterocycles. The van der Waals surface area contributed by atoms with Crippen molar-refractivity contribution in [2.45, 2.75) is 39.5 Å². The van der Waals surface area contributed by atoms with Crippen molar-refractivity contribution in [3.05, 3.63) is 77.9 Å². The Balaban J connectivity index is 1.66. The lowest BCUT2D eigenvalue weighted by molar-refractivity contribution is 0.242. The van der Waals surface area contributed by atoms with Crippen LogP contribution in [0.25, 0.3) is 10.8 Å². The molecule has 0 heterocycles. The molecule has 3 aromatic rings. The van der Waals surface area contributed by atoms with Gasteiger partial charge in [0.2, 0.25) is 0 Å². The van der Waals surface area contributed by atoms with Gasteiger partial charge in [0.1, 0.15) is 5.75 Å². The van der Waals surface area contributed by atoms with Crippen LogP contribution in [0.2, 0.25) is 0 Å². The molecule has 0 saturated carbocycles. The van der Waals surface area contributed by atoms with E-state index in [2.05, 4.69) is 72.9 Å². The minimum Gasteiger partial charge on any atom is -0.491 e. The van der Waals surface area contributed by atoms with Gasteiger partial charge >= 0.3 is 0 Å². The van der Waals surface area contributed by atoms with Crippen LogP contribution >= 0.6 is 0 Å². The zero-order valence-corrected chi connectivity index (χ0v) is 14.6. The van der Waals surface area contributed by atoms with Gasteiger partial charge in [-0.2, -0.15) is 0 Å². The Morgan fingerprint density at radius 1 is 0.833 bits per heavy atom. The summed E-state index contributed by atoms with van der Waals surface area (Å²) in [5, 5.41) is 6.18. The summed E-state index contributed by atoms with van der Waals surface area (Å²) in [7, 11) is 0. The van der Waals surface area contributed by atoms with Crippen molar-refractivity contribution < 1.29 is 4.74 Å². The maximum atomic E-state index is 5.79. The SMILES string of the molecule is CC(C)Oc1cccc(C(C)NCc2ccc3ccccc3c2)c1. The third kappa shape index (κ3) is 4.15. The average molecular weight is 319 g/mol. The minimum absolute atomic E-state index is 0.195. The lowest BCUT2D eigenvalue weighted by Crippen LogP contribution is -2.18. The molecule has 1 atom stereocenters.